The molecule has 4 heteroatoms. The molecular formula is C12H11N3O. The van der Waals surface area contributed by atoms with Gasteiger partial charge < -0.3 is 10.2 Å². The summed E-state index contributed by atoms with van der Waals surface area (Å²) in [7, 11) is 0. The first-order chi connectivity index (χ1) is 7.83. The molecule has 0 aliphatic heterocycles. The Morgan fingerprint density at radius 2 is 2.25 bits per heavy atom. The summed E-state index contributed by atoms with van der Waals surface area (Å²) in [4.78, 5) is 0. The number of nitrogen functional groups attached to an aromatic ring is 1. The fourth-order valence-corrected chi connectivity index (χ4v) is 1.78. The summed E-state index contributed by atoms with van der Waals surface area (Å²) in [5, 5.41) is 5.36. The van der Waals surface area contributed by atoms with Gasteiger partial charge in [0.05, 0.1) is 24.5 Å². The van der Waals surface area contributed by atoms with Gasteiger partial charge >= 0.3 is 0 Å². The van der Waals surface area contributed by atoms with Crippen LogP contribution < -0.4 is 5.73 Å². The molecule has 0 saturated carbocycles. The Morgan fingerprint density at radius 1 is 1.31 bits per heavy atom. The van der Waals surface area contributed by atoms with E-state index in [2.05, 4.69) is 5.10 Å². The molecule has 0 amide bonds. The zero-order chi connectivity index (χ0) is 11.0. The number of hydrogen-bond acceptors (Lipinski definition) is 3. The Morgan fingerprint density at radius 3 is 3.06 bits per heavy atom. The molecule has 16 heavy (non-hydrogen) atoms. The van der Waals surface area contributed by atoms with Gasteiger partial charge in [-0.2, -0.15) is 5.10 Å². The van der Waals surface area contributed by atoms with Gasteiger partial charge in [-0.15, -0.1) is 0 Å². The summed E-state index contributed by atoms with van der Waals surface area (Å²) in [6, 6.07) is 9.58. The van der Waals surface area contributed by atoms with Crippen molar-refractivity contribution in [1.82, 2.24) is 9.78 Å². The van der Waals surface area contributed by atoms with Crippen molar-refractivity contribution in [2.45, 2.75) is 6.54 Å². The maximum Gasteiger partial charge on any atom is 0.125 e. The van der Waals surface area contributed by atoms with E-state index in [-0.39, 0.29) is 0 Å². The van der Waals surface area contributed by atoms with Crippen LogP contribution in [0.3, 0.4) is 0 Å². The Bertz CT molecular complexity index is 610. The molecule has 0 fully saturated rings. The van der Waals surface area contributed by atoms with E-state index >= 15 is 0 Å². The number of aromatic nitrogens is 2. The molecular weight excluding hydrogens is 202 g/mol. The molecule has 0 aliphatic rings. The fraction of sp³-hybridized carbons (Fsp3) is 0.0833. The Hall–Kier alpha value is -2.23. The van der Waals surface area contributed by atoms with Crippen LogP contribution >= 0.6 is 0 Å². The van der Waals surface area contributed by atoms with E-state index in [1.54, 1.807) is 6.26 Å². The van der Waals surface area contributed by atoms with Gasteiger partial charge in [0.15, 0.2) is 0 Å². The van der Waals surface area contributed by atoms with Crippen LogP contribution in [0.2, 0.25) is 0 Å². The van der Waals surface area contributed by atoms with Gasteiger partial charge in [0, 0.05) is 11.1 Å². The molecule has 4 nitrogen and oxygen atoms in total. The van der Waals surface area contributed by atoms with Gasteiger partial charge in [-0.3, -0.25) is 4.68 Å². The van der Waals surface area contributed by atoms with Crippen LogP contribution in [0.25, 0.3) is 10.9 Å². The number of nitrogens with zero attached hydrogens (tertiary/aromatic N) is 2. The molecule has 0 atom stereocenters. The zero-order valence-corrected chi connectivity index (χ0v) is 8.63. The third kappa shape index (κ3) is 1.44. The topological polar surface area (TPSA) is 57.0 Å². The van der Waals surface area contributed by atoms with Gasteiger partial charge in [0.25, 0.3) is 0 Å². The lowest BCUT2D eigenvalue weighted by Gasteiger charge is -2.00. The van der Waals surface area contributed by atoms with Crippen LogP contribution in [0.4, 0.5) is 5.69 Å². The van der Waals surface area contributed by atoms with Crippen LogP contribution in [0.1, 0.15) is 5.76 Å². The van der Waals surface area contributed by atoms with Crippen LogP contribution in [0, 0.1) is 0 Å². The summed E-state index contributed by atoms with van der Waals surface area (Å²) in [6.45, 7) is 0.639. The largest absolute Gasteiger partial charge is 0.467 e. The molecule has 0 spiro atoms. The number of furan rings is 1. The number of nitrogens with two attached hydrogens (primary N) is 1. The second-order valence-corrected chi connectivity index (χ2v) is 3.70. The Balaban J connectivity index is 2.04. The van der Waals surface area contributed by atoms with E-state index < -0.39 is 0 Å². The molecule has 3 aromatic rings. The molecule has 2 N–H and O–H groups in total. The molecule has 0 unspecified atom stereocenters. The van der Waals surface area contributed by atoms with Gasteiger partial charge in [-0.1, -0.05) is 0 Å². The molecule has 0 saturated heterocycles. The first kappa shape index (κ1) is 9.03. The lowest BCUT2D eigenvalue weighted by molar-refractivity contribution is 0.484. The molecule has 1 aromatic carbocycles. The third-order valence-corrected chi connectivity index (χ3v) is 2.55. The standard InChI is InChI=1S/C12H11N3O/c13-10-3-4-12-9(6-10)7-14-15(12)8-11-2-1-5-16-11/h1-7H,8,13H2. The quantitative estimate of drug-likeness (QED) is 0.664. The van der Waals surface area contributed by atoms with Crippen molar-refractivity contribution in [3.63, 3.8) is 0 Å². The highest BCUT2D eigenvalue weighted by Gasteiger charge is 2.04. The van der Waals surface area contributed by atoms with Crippen molar-refractivity contribution in [3.05, 3.63) is 48.6 Å². The highest BCUT2D eigenvalue weighted by molar-refractivity contribution is 5.81. The van der Waals surface area contributed by atoms with E-state index in [9.17, 15) is 0 Å². The van der Waals surface area contributed by atoms with E-state index in [0.717, 1.165) is 22.4 Å². The summed E-state index contributed by atoms with van der Waals surface area (Å²) < 4.78 is 7.19. The highest BCUT2D eigenvalue weighted by Crippen LogP contribution is 2.18. The molecule has 0 aliphatic carbocycles. The van der Waals surface area contributed by atoms with E-state index in [4.69, 9.17) is 10.2 Å². The maximum absolute atomic E-state index is 5.71. The van der Waals surface area contributed by atoms with Gasteiger partial charge in [0.2, 0.25) is 0 Å². The van der Waals surface area contributed by atoms with Crippen LogP contribution in [0.5, 0.6) is 0 Å². The van der Waals surface area contributed by atoms with Gasteiger partial charge in [-0.25, -0.2) is 0 Å². The average Bonchev–Trinajstić information content (AvgIpc) is 2.89. The minimum absolute atomic E-state index is 0.639. The van der Waals surface area contributed by atoms with Crippen molar-refractivity contribution in [2.24, 2.45) is 0 Å². The van der Waals surface area contributed by atoms with E-state index in [1.807, 2.05) is 41.2 Å². The molecule has 2 heterocycles. The lowest BCUT2D eigenvalue weighted by atomic mass is 10.2. The smallest absolute Gasteiger partial charge is 0.125 e. The first-order valence-electron chi connectivity index (χ1n) is 5.06. The first-order valence-corrected chi connectivity index (χ1v) is 5.06. The predicted molar refractivity (Wildman–Crippen MR) is 62.0 cm³/mol. The van der Waals surface area contributed by atoms with Gasteiger partial charge in [0.1, 0.15) is 5.76 Å². The van der Waals surface area contributed by atoms with E-state index in [0.29, 0.717) is 6.54 Å². The summed E-state index contributed by atoms with van der Waals surface area (Å²) in [5.74, 6) is 0.891. The number of fused-ring (bicyclic) bond motifs is 1. The molecule has 0 radical (unpaired) electrons. The van der Waals surface area contributed by atoms with E-state index in [1.165, 1.54) is 0 Å². The predicted octanol–water partition coefficient (Wildman–Crippen LogP) is 2.26. The minimum Gasteiger partial charge on any atom is -0.467 e. The molecule has 80 valence electrons. The Labute approximate surface area is 92.3 Å². The summed E-state index contributed by atoms with van der Waals surface area (Å²) >= 11 is 0. The second kappa shape index (κ2) is 3.41. The number of hydrogen-bond donors (Lipinski definition) is 1. The van der Waals surface area contributed by atoms with Crippen molar-refractivity contribution in [1.29, 1.82) is 0 Å². The van der Waals surface area contributed by atoms with Crippen molar-refractivity contribution in [2.75, 3.05) is 5.73 Å². The molecule has 0 bridgehead atoms. The number of anilines is 1. The highest BCUT2D eigenvalue weighted by atomic mass is 16.3. The van der Waals surface area contributed by atoms with Crippen molar-refractivity contribution in [3.8, 4) is 0 Å². The SMILES string of the molecule is Nc1ccc2c(cnn2Cc2ccco2)c1. The third-order valence-electron chi connectivity index (χ3n) is 2.55. The summed E-state index contributed by atoms with van der Waals surface area (Å²) in [6.07, 6.45) is 3.48. The van der Waals surface area contributed by atoms with Gasteiger partial charge in [-0.05, 0) is 30.3 Å². The van der Waals surface area contributed by atoms with Crippen LogP contribution in [-0.2, 0) is 6.54 Å². The Kier molecular flexibility index (Phi) is 1.93. The van der Waals surface area contributed by atoms with Crippen molar-refractivity contribution < 1.29 is 4.42 Å². The number of rotatable bonds is 2. The molecule has 3 rings (SSSR count). The zero-order valence-electron chi connectivity index (χ0n) is 8.63. The normalized spacial score (nSPS) is 11.0. The number of benzene rings is 1. The molecule has 2 aromatic heterocycles. The average molecular weight is 213 g/mol. The van der Waals surface area contributed by atoms with Crippen LogP contribution in [0.15, 0.2) is 47.2 Å². The minimum atomic E-state index is 0.639. The maximum atomic E-state index is 5.71. The lowest BCUT2D eigenvalue weighted by Crippen LogP contribution is -1.99. The fourth-order valence-electron chi connectivity index (χ4n) is 1.78. The summed E-state index contributed by atoms with van der Waals surface area (Å²) in [5.41, 5.74) is 7.53. The van der Waals surface area contributed by atoms with Crippen molar-refractivity contribution >= 4 is 16.6 Å². The second-order valence-electron chi connectivity index (χ2n) is 3.70. The van der Waals surface area contributed by atoms with Crippen LogP contribution in [-0.4, -0.2) is 9.78 Å². The monoisotopic (exact) mass is 213 g/mol.